The van der Waals surface area contributed by atoms with Crippen molar-refractivity contribution in [2.75, 3.05) is 5.75 Å². The lowest BCUT2D eigenvalue weighted by Gasteiger charge is -2.22. The van der Waals surface area contributed by atoms with E-state index in [0.717, 1.165) is 22.7 Å². The molecule has 1 amide bonds. The summed E-state index contributed by atoms with van der Waals surface area (Å²) >= 11 is 1.37. The zero-order chi connectivity index (χ0) is 18.7. The number of rotatable bonds is 6. The number of carbonyl (C=O) groups excluding carboxylic acids is 1. The van der Waals surface area contributed by atoms with Crippen LogP contribution in [0.25, 0.3) is 5.65 Å². The summed E-state index contributed by atoms with van der Waals surface area (Å²) in [7, 11) is 0. The predicted octanol–water partition coefficient (Wildman–Crippen LogP) is 3.35. The molecule has 1 atom stereocenters. The average Bonchev–Trinajstić information content (AvgIpc) is 3.01. The Kier molecular flexibility index (Phi) is 5.56. The van der Waals surface area contributed by atoms with Gasteiger partial charge in [-0.1, -0.05) is 55.9 Å². The Morgan fingerprint density at radius 2 is 1.92 bits per heavy atom. The van der Waals surface area contributed by atoms with Crippen LogP contribution in [0.2, 0.25) is 0 Å². The van der Waals surface area contributed by atoms with Crippen molar-refractivity contribution >= 4 is 23.3 Å². The minimum absolute atomic E-state index is 0.00880. The highest BCUT2D eigenvalue weighted by Crippen LogP contribution is 2.23. The SMILES string of the molecule is Cc1cc2nnc(SCC(=O)NC(c3ccccc3)C(C)C)n2c(C)n1. The molecule has 1 aromatic carbocycles. The van der Waals surface area contributed by atoms with Gasteiger partial charge in [0.2, 0.25) is 5.91 Å². The molecule has 1 unspecified atom stereocenters. The van der Waals surface area contributed by atoms with Crippen LogP contribution in [0.4, 0.5) is 0 Å². The zero-order valence-corrected chi connectivity index (χ0v) is 16.2. The molecule has 3 rings (SSSR count). The molecule has 2 heterocycles. The van der Waals surface area contributed by atoms with E-state index in [2.05, 4.69) is 34.3 Å². The van der Waals surface area contributed by atoms with Gasteiger partial charge in [-0.25, -0.2) is 4.98 Å². The first kappa shape index (κ1) is 18.4. The molecule has 6 nitrogen and oxygen atoms in total. The summed E-state index contributed by atoms with van der Waals surface area (Å²) in [6, 6.07) is 11.9. The molecular formula is C19H23N5OS. The summed E-state index contributed by atoms with van der Waals surface area (Å²) in [6.07, 6.45) is 0. The van der Waals surface area contributed by atoms with Crippen molar-refractivity contribution < 1.29 is 4.79 Å². The van der Waals surface area contributed by atoms with Gasteiger partial charge in [-0.05, 0) is 25.3 Å². The summed E-state index contributed by atoms with van der Waals surface area (Å²) in [6.45, 7) is 8.05. The second-order valence-electron chi connectivity index (χ2n) is 6.61. The van der Waals surface area contributed by atoms with E-state index in [-0.39, 0.29) is 17.7 Å². The molecule has 7 heteroatoms. The average molecular weight is 369 g/mol. The van der Waals surface area contributed by atoms with E-state index in [4.69, 9.17) is 0 Å². The van der Waals surface area contributed by atoms with Crippen molar-refractivity contribution in [2.24, 2.45) is 5.92 Å². The van der Waals surface area contributed by atoms with Crippen molar-refractivity contribution in [2.45, 2.75) is 38.9 Å². The molecule has 136 valence electrons. The Labute approximate surface area is 157 Å². The normalized spacial score (nSPS) is 12.5. The Hall–Kier alpha value is -2.41. The van der Waals surface area contributed by atoms with Crippen LogP contribution >= 0.6 is 11.8 Å². The van der Waals surface area contributed by atoms with Gasteiger partial charge in [0, 0.05) is 11.8 Å². The number of hydrogen-bond donors (Lipinski definition) is 1. The van der Waals surface area contributed by atoms with Gasteiger partial charge in [0.1, 0.15) is 5.82 Å². The van der Waals surface area contributed by atoms with E-state index in [1.54, 1.807) is 0 Å². The topological polar surface area (TPSA) is 72.2 Å². The largest absolute Gasteiger partial charge is 0.348 e. The summed E-state index contributed by atoms with van der Waals surface area (Å²) in [4.78, 5) is 16.9. The third kappa shape index (κ3) is 4.04. The van der Waals surface area contributed by atoms with Gasteiger partial charge >= 0.3 is 0 Å². The predicted molar refractivity (Wildman–Crippen MR) is 103 cm³/mol. The van der Waals surface area contributed by atoms with Crippen LogP contribution in [0.3, 0.4) is 0 Å². The highest BCUT2D eigenvalue weighted by molar-refractivity contribution is 7.99. The first-order valence-corrected chi connectivity index (χ1v) is 9.60. The van der Waals surface area contributed by atoms with E-state index in [0.29, 0.717) is 11.1 Å². The van der Waals surface area contributed by atoms with E-state index >= 15 is 0 Å². The maximum atomic E-state index is 12.5. The Morgan fingerprint density at radius 3 is 2.62 bits per heavy atom. The zero-order valence-electron chi connectivity index (χ0n) is 15.4. The van der Waals surface area contributed by atoms with E-state index in [1.807, 2.05) is 54.6 Å². The molecule has 0 bridgehead atoms. The van der Waals surface area contributed by atoms with Gasteiger partial charge in [-0.15, -0.1) is 10.2 Å². The minimum Gasteiger partial charge on any atom is -0.348 e. The van der Waals surface area contributed by atoms with Crippen molar-refractivity contribution in [1.82, 2.24) is 24.9 Å². The van der Waals surface area contributed by atoms with Gasteiger partial charge in [0.25, 0.3) is 0 Å². The molecule has 0 aliphatic carbocycles. The lowest BCUT2D eigenvalue weighted by atomic mass is 9.96. The molecule has 0 fully saturated rings. The van der Waals surface area contributed by atoms with Gasteiger partial charge < -0.3 is 5.32 Å². The van der Waals surface area contributed by atoms with E-state index in [1.165, 1.54) is 11.8 Å². The number of nitrogens with one attached hydrogen (secondary N) is 1. The van der Waals surface area contributed by atoms with Gasteiger partial charge in [-0.2, -0.15) is 0 Å². The number of amides is 1. The smallest absolute Gasteiger partial charge is 0.230 e. The fourth-order valence-corrected chi connectivity index (χ4v) is 3.73. The van der Waals surface area contributed by atoms with Crippen LogP contribution in [0.5, 0.6) is 0 Å². The second kappa shape index (κ2) is 7.86. The lowest BCUT2D eigenvalue weighted by Crippen LogP contribution is -2.33. The maximum Gasteiger partial charge on any atom is 0.230 e. The standard InChI is InChI=1S/C19H23N5OS/c1-12(2)18(15-8-6-5-7-9-15)21-17(25)11-26-19-23-22-16-10-13(3)20-14(4)24(16)19/h5-10,12,18H,11H2,1-4H3,(H,21,25). The number of carbonyl (C=O) groups is 1. The molecule has 0 aliphatic heterocycles. The first-order valence-electron chi connectivity index (χ1n) is 8.62. The number of thioether (sulfide) groups is 1. The van der Waals surface area contributed by atoms with Gasteiger partial charge in [0.15, 0.2) is 10.8 Å². The monoisotopic (exact) mass is 369 g/mol. The number of aryl methyl sites for hydroxylation is 2. The highest BCUT2D eigenvalue weighted by atomic mass is 32.2. The van der Waals surface area contributed by atoms with Crippen molar-refractivity contribution in [3.8, 4) is 0 Å². The number of benzene rings is 1. The number of hydrogen-bond acceptors (Lipinski definition) is 5. The summed E-state index contributed by atoms with van der Waals surface area (Å²) in [5.41, 5.74) is 2.77. The molecule has 1 N–H and O–H groups in total. The third-order valence-electron chi connectivity index (χ3n) is 4.13. The van der Waals surface area contributed by atoms with Gasteiger partial charge in [-0.3, -0.25) is 9.20 Å². The van der Waals surface area contributed by atoms with Crippen molar-refractivity contribution in [1.29, 1.82) is 0 Å². The van der Waals surface area contributed by atoms with Crippen LogP contribution in [-0.2, 0) is 4.79 Å². The van der Waals surface area contributed by atoms with Gasteiger partial charge in [0.05, 0.1) is 11.8 Å². The van der Waals surface area contributed by atoms with Crippen LogP contribution in [0.15, 0.2) is 41.6 Å². The van der Waals surface area contributed by atoms with Crippen LogP contribution in [0, 0.1) is 19.8 Å². The molecule has 0 spiro atoms. The molecular weight excluding hydrogens is 346 g/mol. The molecule has 0 radical (unpaired) electrons. The molecule has 0 saturated heterocycles. The van der Waals surface area contributed by atoms with E-state index in [9.17, 15) is 4.79 Å². The quantitative estimate of drug-likeness (QED) is 0.675. The van der Waals surface area contributed by atoms with Crippen LogP contribution < -0.4 is 5.32 Å². The molecule has 26 heavy (non-hydrogen) atoms. The van der Waals surface area contributed by atoms with E-state index < -0.39 is 0 Å². The highest BCUT2D eigenvalue weighted by Gasteiger charge is 2.19. The molecule has 0 aliphatic rings. The second-order valence-corrected chi connectivity index (χ2v) is 7.55. The number of aromatic nitrogens is 4. The van der Waals surface area contributed by atoms with Crippen LogP contribution in [0.1, 0.15) is 37.0 Å². The summed E-state index contributed by atoms with van der Waals surface area (Å²) < 4.78 is 1.88. The first-order chi connectivity index (χ1) is 12.5. The number of nitrogens with zero attached hydrogens (tertiary/aromatic N) is 4. The Morgan fingerprint density at radius 1 is 1.19 bits per heavy atom. The molecule has 0 saturated carbocycles. The lowest BCUT2D eigenvalue weighted by molar-refractivity contribution is -0.119. The minimum atomic E-state index is -0.0213. The summed E-state index contributed by atoms with van der Waals surface area (Å²) in [5, 5.41) is 12.2. The fourth-order valence-electron chi connectivity index (χ4n) is 2.94. The summed E-state index contributed by atoms with van der Waals surface area (Å²) in [5.74, 6) is 1.38. The maximum absolute atomic E-state index is 12.5. The Balaban J connectivity index is 1.69. The number of fused-ring (bicyclic) bond motifs is 1. The fraction of sp³-hybridized carbons (Fsp3) is 0.368. The Bertz CT molecular complexity index is 907. The van der Waals surface area contributed by atoms with Crippen LogP contribution in [-0.4, -0.2) is 31.2 Å². The van der Waals surface area contributed by atoms with Crippen molar-refractivity contribution in [3.63, 3.8) is 0 Å². The third-order valence-corrected chi connectivity index (χ3v) is 5.06. The molecule has 3 aromatic rings. The van der Waals surface area contributed by atoms with Crippen molar-refractivity contribution in [3.05, 3.63) is 53.5 Å². The molecule has 2 aromatic heterocycles.